The lowest BCUT2D eigenvalue weighted by Crippen LogP contribution is -2.54. The van der Waals surface area contributed by atoms with E-state index < -0.39 is 64.8 Å². The standard InChI is InChI=1S/C39H64N4O9/c1-14-21-42(34(47)41-29(33(46)51-38(8,9)10)23-26-17-19-28(20-18-26)49-36(2,3)4)25-27(32(45)50-37(5,6)7)24-40-31(44)30-16-15-22-43(30)35(48)52-39(11,12)13/h17-20,27,29-30H,14-16,21-25H2,1-13H3,(H,40,44)(H,41,47)/t27-,29+,30+/m1/s1. The number of carbonyl (C=O) groups excluding carboxylic acids is 5. The molecule has 1 saturated heterocycles. The highest BCUT2D eigenvalue weighted by molar-refractivity contribution is 5.87. The fourth-order valence-electron chi connectivity index (χ4n) is 5.43. The number of benzene rings is 1. The Hall–Kier alpha value is -4.03. The Morgan fingerprint density at radius 3 is 1.88 bits per heavy atom. The van der Waals surface area contributed by atoms with E-state index in [1.54, 1.807) is 62.3 Å². The Bertz CT molecular complexity index is 1370. The minimum Gasteiger partial charge on any atom is -0.488 e. The number of urea groups is 1. The summed E-state index contributed by atoms with van der Waals surface area (Å²) < 4.78 is 22.8. The van der Waals surface area contributed by atoms with Crippen LogP contribution < -0.4 is 15.4 Å². The number of ether oxygens (including phenoxy) is 4. The summed E-state index contributed by atoms with van der Waals surface area (Å²) in [6.45, 7) is 23.9. The first-order chi connectivity index (χ1) is 23.8. The van der Waals surface area contributed by atoms with Gasteiger partial charge >= 0.3 is 24.1 Å². The molecule has 0 unspecified atom stereocenters. The van der Waals surface area contributed by atoms with Crippen LogP contribution in [0.25, 0.3) is 0 Å². The molecule has 0 bridgehead atoms. The maximum absolute atomic E-state index is 13.9. The van der Waals surface area contributed by atoms with Crippen LogP contribution in [0.3, 0.4) is 0 Å². The molecule has 1 aliphatic rings. The van der Waals surface area contributed by atoms with Crippen molar-refractivity contribution in [3.05, 3.63) is 29.8 Å². The Morgan fingerprint density at radius 1 is 0.808 bits per heavy atom. The third-order valence-corrected chi connectivity index (χ3v) is 7.44. The SMILES string of the molecule is CCCN(C[C@@H](CNC(=O)[C@@H]1CCCN1C(=O)OC(C)(C)C)C(=O)OC(C)(C)C)C(=O)N[C@@H](Cc1ccc(OC(C)(C)C)cc1)C(=O)OC(C)(C)C. The molecule has 13 heteroatoms. The second kappa shape index (κ2) is 18.1. The van der Waals surface area contributed by atoms with Crippen molar-refractivity contribution in [2.45, 2.75) is 150 Å². The highest BCUT2D eigenvalue weighted by Crippen LogP contribution is 2.23. The fraction of sp³-hybridized carbons (Fsp3) is 0.718. The molecule has 1 aromatic rings. The number of amides is 4. The quantitative estimate of drug-likeness (QED) is 0.183. The van der Waals surface area contributed by atoms with Gasteiger partial charge in [-0.1, -0.05) is 19.1 Å². The first kappa shape index (κ1) is 44.1. The van der Waals surface area contributed by atoms with Gasteiger partial charge in [0.1, 0.15) is 40.2 Å². The maximum atomic E-state index is 13.9. The van der Waals surface area contributed by atoms with Crippen molar-refractivity contribution in [3.63, 3.8) is 0 Å². The van der Waals surface area contributed by atoms with E-state index in [2.05, 4.69) is 10.6 Å². The van der Waals surface area contributed by atoms with Crippen molar-refractivity contribution in [2.24, 2.45) is 5.92 Å². The molecule has 1 aliphatic heterocycles. The van der Waals surface area contributed by atoms with Crippen molar-refractivity contribution < 1.29 is 42.9 Å². The second-order valence-corrected chi connectivity index (χ2v) is 17.4. The first-order valence-corrected chi connectivity index (χ1v) is 18.3. The molecule has 1 heterocycles. The Labute approximate surface area is 310 Å². The van der Waals surface area contributed by atoms with Crippen LogP contribution >= 0.6 is 0 Å². The maximum Gasteiger partial charge on any atom is 0.410 e. The van der Waals surface area contributed by atoms with Gasteiger partial charge < -0.3 is 34.5 Å². The summed E-state index contributed by atoms with van der Waals surface area (Å²) in [6.07, 6.45) is 1.21. The van der Waals surface area contributed by atoms with E-state index in [4.69, 9.17) is 18.9 Å². The molecular formula is C39H64N4O9. The van der Waals surface area contributed by atoms with E-state index in [1.165, 1.54) is 9.80 Å². The van der Waals surface area contributed by atoms with Gasteiger partial charge in [0.05, 0.1) is 5.92 Å². The van der Waals surface area contributed by atoms with Gasteiger partial charge in [0.2, 0.25) is 5.91 Å². The van der Waals surface area contributed by atoms with Crippen LogP contribution in [0, 0.1) is 5.92 Å². The molecule has 13 nitrogen and oxygen atoms in total. The van der Waals surface area contributed by atoms with E-state index in [1.807, 2.05) is 52.0 Å². The summed E-state index contributed by atoms with van der Waals surface area (Å²) in [6, 6.07) is 4.94. The lowest BCUT2D eigenvalue weighted by Gasteiger charge is -2.31. The predicted octanol–water partition coefficient (Wildman–Crippen LogP) is 6.01. The zero-order chi connectivity index (χ0) is 39.7. The van der Waals surface area contributed by atoms with Crippen molar-refractivity contribution in [1.29, 1.82) is 0 Å². The first-order valence-electron chi connectivity index (χ1n) is 18.3. The van der Waals surface area contributed by atoms with E-state index in [0.29, 0.717) is 31.6 Å². The number of nitrogens with one attached hydrogen (secondary N) is 2. The number of hydrogen-bond acceptors (Lipinski definition) is 9. The molecule has 1 aromatic carbocycles. The minimum absolute atomic E-state index is 0.102. The Kier molecular flexibility index (Phi) is 15.4. The second-order valence-electron chi connectivity index (χ2n) is 17.4. The van der Waals surface area contributed by atoms with Gasteiger partial charge in [0, 0.05) is 32.6 Å². The molecule has 4 amide bonds. The molecule has 0 spiro atoms. The van der Waals surface area contributed by atoms with Gasteiger partial charge in [-0.25, -0.2) is 14.4 Å². The molecule has 2 N–H and O–H groups in total. The summed E-state index contributed by atoms with van der Waals surface area (Å²) in [5.41, 5.74) is -1.95. The predicted molar refractivity (Wildman–Crippen MR) is 199 cm³/mol. The zero-order valence-electron chi connectivity index (χ0n) is 33.8. The van der Waals surface area contributed by atoms with E-state index in [-0.39, 0.29) is 31.7 Å². The number of rotatable bonds is 13. The van der Waals surface area contributed by atoms with Gasteiger partial charge in [0.15, 0.2) is 0 Å². The summed E-state index contributed by atoms with van der Waals surface area (Å²) in [7, 11) is 0. The monoisotopic (exact) mass is 732 g/mol. The highest BCUT2D eigenvalue weighted by Gasteiger charge is 2.38. The number of nitrogens with zero attached hydrogens (tertiary/aromatic N) is 2. The average molecular weight is 733 g/mol. The lowest BCUT2D eigenvalue weighted by atomic mass is 10.0. The van der Waals surface area contributed by atoms with Gasteiger partial charge in [0.25, 0.3) is 0 Å². The fourth-order valence-corrected chi connectivity index (χ4v) is 5.43. The van der Waals surface area contributed by atoms with E-state index in [9.17, 15) is 24.0 Å². The topological polar surface area (TPSA) is 153 Å². The Balaban J connectivity index is 2.30. The van der Waals surface area contributed by atoms with E-state index >= 15 is 0 Å². The van der Waals surface area contributed by atoms with Crippen molar-refractivity contribution in [3.8, 4) is 5.75 Å². The highest BCUT2D eigenvalue weighted by atomic mass is 16.6. The number of likely N-dealkylation sites (tertiary alicyclic amines) is 1. The van der Waals surface area contributed by atoms with Crippen LogP contribution in [0.15, 0.2) is 24.3 Å². The van der Waals surface area contributed by atoms with Gasteiger partial charge in [-0.2, -0.15) is 0 Å². The van der Waals surface area contributed by atoms with Gasteiger partial charge in [-0.05, 0) is 120 Å². The molecular weight excluding hydrogens is 668 g/mol. The average Bonchev–Trinajstić information content (AvgIpc) is 3.46. The number of hydrogen-bond donors (Lipinski definition) is 2. The molecule has 52 heavy (non-hydrogen) atoms. The normalized spacial score (nSPS) is 16.3. The van der Waals surface area contributed by atoms with Gasteiger partial charge in [-0.15, -0.1) is 0 Å². The summed E-state index contributed by atoms with van der Waals surface area (Å²) >= 11 is 0. The Morgan fingerprint density at radius 2 is 1.37 bits per heavy atom. The molecule has 1 fully saturated rings. The molecule has 0 radical (unpaired) electrons. The van der Waals surface area contributed by atoms with Crippen molar-refractivity contribution in [1.82, 2.24) is 20.4 Å². The molecule has 3 atom stereocenters. The van der Waals surface area contributed by atoms with Crippen LogP contribution in [0.5, 0.6) is 5.75 Å². The number of esters is 2. The van der Waals surface area contributed by atoms with Crippen molar-refractivity contribution in [2.75, 3.05) is 26.2 Å². The third-order valence-electron chi connectivity index (χ3n) is 7.44. The molecule has 294 valence electrons. The largest absolute Gasteiger partial charge is 0.488 e. The smallest absolute Gasteiger partial charge is 0.410 e. The third kappa shape index (κ3) is 16.1. The molecule has 2 rings (SSSR count). The zero-order valence-corrected chi connectivity index (χ0v) is 33.8. The van der Waals surface area contributed by atoms with Crippen LogP contribution in [-0.2, 0) is 35.0 Å². The lowest BCUT2D eigenvalue weighted by molar-refractivity contribution is -0.161. The molecule has 0 saturated carbocycles. The molecule has 0 aromatic heterocycles. The summed E-state index contributed by atoms with van der Waals surface area (Å²) in [5, 5.41) is 5.68. The summed E-state index contributed by atoms with van der Waals surface area (Å²) in [5.74, 6) is -1.90. The van der Waals surface area contributed by atoms with Crippen LogP contribution in [0.2, 0.25) is 0 Å². The van der Waals surface area contributed by atoms with Crippen LogP contribution in [0.4, 0.5) is 9.59 Å². The minimum atomic E-state index is -1.04. The summed E-state index contributed by atoms with van der Waals surface area (Å²) in [4.78, 5) is 70.0. The number of carbonyl (C=O) groups is 5. The van der Waals surface area contributed by atoms with E-state index in [0.717, 1.165) is 5.56 Å². The van der Waals surface area contributed by atoms with Crippen LogP contribution in [0.1, 0.15) is 115 Å². The van der Waals surface area contributed by atoms with Crippen molar-refractivity contribution >= 4 is 30.0 Å². The van der Waals surface area contributed by atoms with Crippen LogP contribution in [-0.4, -0.2) is 100 Å². The molecule has 0 aliphatic carbocycles. The van der Waals surface area contributed by atoms with Gasteiger partial charge in [-0.3, -0.25) is 14.5 Å².